The molecule has 1 aromatic heterocycles. The smallest absolute Gasteiger partial charge is 0.242 e. The van der Waals surface area contributed by atoms with E-state index >= 15 is 0 Å². The van der Waals surface area contributed by atoms with Crippen LogP contribution in [0.5, 0.6) is 0 Å². The average Bonchev–Trinajstić information content (AvgIpc) is 3.00. The molecule has 19 heavy (non-hydrogen) atoms. The van der Waals surface area contributed by atoms with E-state index in [-0.39, 0.29) is 5.91 Å². The van der Waals surface area contributed by atoms with Crippen molar-refractivity contribution in [2.45, 2.75) is 46.1 Å². The molecule has 6 heteroatoms. The van der Waals surface area contributed by atoms with E-state index in [0.29, 0.717) is 17.2 Å². The molecule has 106 valence electrons. The Bertz CT molecular complexity index is 493. The monoisotopic (exact) mass is 282 g/mol. The number of likely N-dealkylation sites (tertiary alicyclic amines) is 1. The number of aromatic amines is 1. The van der Waals surface area contributed by atoms with Gasteiger partial charge in [-0.3, -0.25) is 14.5 Å². The van der Waals surface area contributed by atoms with Crippen LogP contribution in [0.25, 0.3) is 0 Å². The molecule has 2 heterocycles. The van der Waals surface area contributed by atoms with Crippen LogP contribution in [0, 0.1) is 10.7 Å². The zero-order valence-electron chi connectivity index (χ0n) is 11.7. The minimum absolute atomic E-state index is 0.158. The van der Waals surface area contributed by atoms with E-state index in [1.54, 1.807) is 0 Å². The third kappa shape index (κ3) is 3.23. The molecule has 1 fully saturated rings. The number of carbonyl (C=O) groups excluding carboxylic acids is 1. The number of aryl methyl sites for hydroxylation is 1. The van der Waals surface area contributed by atoms with Gasteiger partial charge >= 0.3 is 0 Å². The summed E-state index contributed by atoms with van der Waals surface area (Å²) in [5.41, 5.74) is 0. The van der Waals surface area contributed by atoms with Crippen molar-refractivity contribution < 1.29 is 4.79 Å². The fourth-order valence-corrected chi connectivity index (χ4v) is 2.77. The van der Waals surface area contributed by atoms with Crippen molar-refractivity contribution in [3.05, 3.63) is 10.6 Å². The van der Waals surface area contributed by atoms with Gasteiger partial charge in [-0.05, 0) is 31.0 Å². The molecule has 0 aromatic carbocycles. The van der Waals surface area contributed by atoms with Crippen molar-refractivity contribution in [2.24, 2.45) is 5.92 Å². The minimum Gasteiger partial charge on any atom is -0.341 e. The maximum absolute atomic E-state index is 12.3. The number of carbonyl (C=O) groups is 1. The number of hydrogen-bond acceptors (Lipinski definition) is 3. The zero-order valence-corrected chi connectivity index (χ0v) is 12.5. The van der Waals surface area contributed by atoms with Gasteiger partial charge in [0.1, 0.15) is 12.4 Å². The van der Waals surface area contributed by atoms with Crippen molar-refractivity contribution in [2.75, 3.05) is 13.1 Å². The summed E-state index contributed by atoms with van der Waals surface area (Å²) in [4.78, 5) is 14.3. The van der Waals surface area contributed by atoms with Gasteiger partial charge in [0, 0.05) is 19.5 Å². The second kappa shape index (κ2) is 6.32. The summed E-state index contributed by atoms with van der Waals surface area (Å²) < 4.78 is 2.38. The zero-order chi connectivity index (χ0) is 13.8. The van der Waals surface area contributed by atoms with Crippen LogP contribution in [0.1, 0.15) is 38.9 Å². The summed E-state index contributed by atoms with van der Waals surface area (Å²) in [6.45, 7) is 6.37. The molecule has 0 bridgehead atoms. The first-order valence-corrected chi connectivity index (χ1v) is 7.48. The second-order valence-corrected chi connectivity index (χ2v) is 5.57. The van der Waals surface area contributed by atoms with E-state index in [1.165, 1.54) is 0 Å². The largest absolute Gasteiger partial charge is 0.341 e. The Balaban J connectivity index is 2.03. The number of nitrogens with zero attached hydrogens (tertiary/aromatic N) is 3. The lowest BCUT2D eigenvalue weighted by Gasteiger charge is -2.17. The van der Waals surface area contributed by atoms with Gasteiger partial charge in [0.15, 0.2) is 4.77 Å². The number of nitrogens with one attached hydrogen (secondary N) is 1. The topological polar surface area (TPSA) is 53.9 Å². The number of amides is 1. The molecule has 1 aliphatic rings. The first kappa shape index (κ1) is 14.2. The molecule has 1 aromatic rings. The van der Waals surface area contributed by atoms with Crippen LogP contribution < -0.4 is 0 Å². The first-order chi connectivity index (χ1) is 9.15. The summed E-state index contributed by atoms with van der Waals surface area (Å²) in [5, 5.41) is 6.97. The van der Waals surface area contributed by atoms with Gasteiger partial charge < -0.3 is 4.90 Å². The SMILES string of the molecule is CCCc1n[nH]c(=S)n1CC(=O)N1CCC(CC)C1. The molecule has 0 aliphatic carbocycles. The summed E-state index contributed by atoms with van der Waals surface area (Å²) >= 11 is 5.20. The summed E-state index contributed by atoms with van der Waals surface area (Å²) in [7, 11) is 0. The van der Waals surface area contributed by atoms with Crippen molar-refractivity contribution in [3.63, 3.8) is 0 Å². The molecule has 1 atom stereocenters. The fraction of sp³-hybridized carbons (Fsp3) is 0.769. The van der Waals surface area contributed by atoms with Crippen LogP contribution in [0.3, 0.4) is 0 Å². The maximum atomic E-state index is 12.3. The molecular weight excluding hydrogens is 260 g/mol. The Morgan fingerprint density at radius 2 is 2.32 bits per heavy atom. The third-order valence-corrected chi connectivity index (χ3v) is 4.13. The molecule has 1 amide bonds. The van der Waals surface area contributed by atoms with E-state index in [4.69, 9.17) is 12.2 Å². The van der Waals surface area contributed by atoms with Gasteiger partial charge in [-0.2, -0.15) is 5.10 Å². The molecule has 5 nitrogen and oxygen atoms in total. The van der Waals surface area contributed by atoms with Gasteiger partial charge in [-0.15, -0.1) is 0 Å². The van der Waals surface area contributed by atoms with E-state index in [0.717, 1.165) is 44.6 Å². The molecule has 0 spiro atoms. The van der Waals surface area contributed by atoms with E-state index in [2.05, 4.69) is 24.0 Å². The number of rotatable bonds is 5. The highest BCUT2D eigenvalue weighted by atomic mass is 32.1. The van der Waals surface area contributed by atoms with Gasteiger partial charge in [0.25, 0.3) is 0 Å². The van der Waals surface area contributed by atoms with E-state index in [1.807, 2.05) is 9.47 Å². The lowest BCUT2D eigenvalue weighted by atomic mass is 10.1. The molecule has 1 unspecified atom stereocenters. The molecule has 2 rings (SSSR count). The van der Waals surface area contributed by atoms with Crippen LogP contribution in [0.15, 0.2) is 0 Å². The van der Waals surface area contributed by atoms with Gasteiger partial charge in [0.05, 0.1) is 0 Å². The minimum atomic E-state index is 0.158. The highest BCUT2D eigenvalue weighted by molar-refractivity contribution is 7.71. The van der Waals surface area contributed by atoms with Crippen LogP contribution in [0.2, 0.25) is 0 Å². The summed E-state index contributed by atoms with van der Waals surface area (Å²) in [6, 6.07) is 0. The van der Waals surface area contributed by atoms with Crippen LogP contribution in [-0.2, 0) is 17.8 Å². The Labute approximate surface area is 119 Å². The average molecular weight is 282 g/mol. The summed E-state index contributed by atoms with van der Waals surface area (Å²) in [6.07, 6.45) is 4.12. The Morgan fingerprint density at radius 1 is 1.53 bits per heavy atom. The lowest BCUT2D eigenvalue weighted by molar-refractivity contribution is -0.131. The molecule has 1 saturated heterocycles. The first-order valence-electron chi connectivity index (χ1n) is 7.07. The molecule has 1 N–H and O–H groups in total. The van der Waals surface area contributed by atoms with E-state index in [9.17, 15) is 4.79 Å². The molecule has 1 aliphatic heterocycles. The van der Waals surface area contributed by atoms with Crippen LogP contribution in [-0.4, -0.2) is 38.7 Å². The maximum Gasteiger partial charge on any atom is 0.242 e. The molecular formula is C13H22N4OS. The van der Waals surface area contributed by atoms with Crippen molar-refractivity contribution in [1.29, 1.82) is 0 Å². The predicted molar refractivity (Wildman–Crippen MR) is 76.4 cm³/mol. The molecule has 0 radical (unpaired) electrons. The third-order valence-electron chi connectivity index (χ3n) is 3.82. The lowest BCUT2D eigenvalue weighted by Crippen LogP contribution is -2.32. The Kier molecular flexibility index (Phi) is 4.74. The number of H-pyrrole nitrogens is 1. The van der Waals surface area contributed by atoms with Crippen molar-refractivity contribution in [1.82, 2.24) is 19.7 Å². The highest BCUT2D eigenvalue weighted by Crippen LogP contribution is 2.19. The van der Waals surface area contributed by atoms with Gasteiger partial charge in [-0.1, -0.05) is 20.3 Å². The highest BCUT2D eigenvalue weighted by Gasteiger charge is 2.25. The standard InChI is InChI=1S/C13H22N4OS/c1-3-5-11-14-15-13(19)17(11)9-12(18)16-7-6-10(4-2)8-16/h10H,3-9H2,1-2H3,(H,15,19). The van der Waals surface area contributed by atoms with Gasteiger partial charge in [0.2, 0.25) is 5.91 Å². The number of hydrogen-bond donors (Lipinski definition) is 1. The van der Waals surface area contributed by atoms with E-state index < -0.39 is 0 Å². The number of aromatic nitrogens is 3. The van der Waals surface area contributed by atoms with Gasteiger partial charge in [-0.25, -0.2) is 0 Å². The summed E-state index contributed by atoms with van der Waals surface area (Å²) in [5.74, 6) is 1.70. The molecule has 0 saturated carbocycles. The Morgan fingerprint density at radius 3 is 2.95 bits per heavy atom. The quantitative estimate of drug-likeness (QED) is 0.842. The fourth-order valence-electron chi connectivity index (χ4n) is 2.56. The van der Waals surface area contributed by atoms with Crippen LogP contribution in [0.4, 0.5) is 0 Å². The Hall–Kier alpha value is -1.17. The van der Waals surface area contributed by atoms with Crippen molar-refractivity contribution >= 4 is 18.1 Å². The predicted octanol–water partition coefficient (Wildman–Crippen LogP) is 2.15. The second-order valence-electron chi connectivity index (χ2n) is 5.18. The van der Waals surface area contributed by atoms with Crippen molar-refractivity contribution in [3.8, 4) is 0 Å². The normalized spacial score (nSPS) is 19.1. The van der Waals surface area contributed by atoms with Crippen LogP contribution >= 0.6 is 12.2 Å².